The zero-order valence-corrected chi connectivity index (χ0v) is 21.1. The van der Waals surface area contributed by atoms with Gasteiger partial charge in [-0.1, -0.05) is 72.3 Å². The van der Waals surface area contributed by atoms with Crippen LogP contribution >= 0.6 is 11.6 Å². The van der Waals surface area contributed by atoms with Crippen molar-refractivity contribution in [2.24, 2.45) is 0 Å². The molecule has 0 unspecified atom stereocenters. The molecule has 0 aliphatic rings. The van der Waals surface area contributed by atoms with Gasteiger partial charge in [-0.25, -0.2) is 0 Å². The molecule has 5 nitrogen and oxygen atoms in total. The summed E-state index contributed by atoms with van der Waals surface area (Å²) in [4.78, 5) is 28.5. The maximum absolute atomic E-state index is 13.5. The molecule has 0 spiro atoms. The van der Waals surface area contributed by atoms with Crippen LogP contribution in [0.15, 0.2) is 84.9 Å². The fourth-order valence-corrected chi connectivity index (χ4v) is 3.93. The van der Waals surface area contributed by atoms with E-state index >= 15 is 0 Å². The van der Waals surface area contributed by atoms with Crippen LogP contribution in [0.1, 0.15) is 37.8 Å². The molecule has 3 rings (SSSR count). The number of amides is 2. The van der Waals surface area contributed by atoms with Crippen molar-refractivity contribution in [3.63, 3.8) is 0 Å². The molecule has 0 aliphatic carbocycles. The lowest BCUT2D eigenvalue weighted by molar-refractivity contribution is -0.141. The van der Waals surface area contributed by atoms with Crippen molar-refractivity contribution in [2.45, 2.75) is 51.7 Å². The van der Waals surface area contributed by atoms with Gasteiger partial charge in [-0.2, -0.15) is 0 Å². The second-order valence-electron chi connectivity index (χ2n) is 8.78. The Morgan fingerprint density at radius 2 is 1.49 bits per heavy atom. The number of nitrogens with one attached hydrogen (secondary N) is 1. The van der Waals surface area contributed by atoms with Crippen molar-refractivity contribution in [3.8, 4) is 5.75 Å². The third kappa shape index (κ3) is 8.76. The summed E-state index contributed by atoms with van der Waals surface area (Å²) in [5.41, 5.74) is 1.99. The summed E-state index contributed by atoms with van der Waals surface area (Å²) >= 11 is 5.92. The Morgan fingerprint density at radius 1 is 0.886 bits per heavy atom. The summed E-state index contributed by atoms with van der Waals surface area (Å²) in [5, 5.41) is 3.66. The summed E-state index contributed by atoms with van der Waals surface area (Å²) in [6.45, 7) is 4.61. The lowest BCUT2D eigenvalue weighted by Crippen LogP contribution is -2.51. The van der Waals surface area contributed by atoms with E-state index in [-0.39, 0.29) is 24.3 Å². The number of nitrogens with zero attached hydrogens (tertiary/aromatic N) is 1. The largest absolute Gasteiger partial charge is 0.494 e. The number of carbonyl (C=O) groups is 2. The second kappa shape index (κ2) is 13.5. The van der Waals surface area contributed by atoms with Crippen molar-refractivity contribution >= 4 is 23.4 Å². The topological polar surface area (TPSA) is 58.6 Å². The Bertz CT molecular complexity index is 1060. The highest BCUT2D eigenvalue weighted by atomic mass is 35.5. The first-order valence-corrected chi connectivity index (χ1v) is 12.4. The maximum atomic E-state index is 13.5. The van der Waals surface area contributed by atoms with Crippen LogP contribution in [0.3, 0.4) is 0 Å². The minimum Gasteiger partial charge on any atom is -0.494 e. The van der Waals surface area contributed by atoms with Crippen LogP contribution in [0.4, 0.5) is 0 Å². The van der Waals surface area contributed by atoms with Gasteiger partial charge >= 0.3 is 0 Å². The lowest BCUT2D eigenvalue weighted by Gasteiger charge is -2.32. The van der Waals surface area contributed by atoms with E-state index in [0.717, 1.165) is 11.1 Å². The Balaban J connectivity index is 1.75. The van der Waals surface area contributed by atoms with E-state index in [4.69, 9.17) is 16.3 Å². The molecule has 6 heteroatoms. The van der Waals surface area contributed by atoms with Gasteiger partial charge in [0.15, 0.2) is 0 Å². The molecule has 0 fully saturated rings. The standard InChI is InChI=1S/C29H33ClN2O3/c1-22(2)31-29(34)27(20-23-10-5-3-6-11-23)32(21-24-12-7-4-8-13-24)28(33)14-9-19-35-26-17-15-25(30)16-18-26/h3-8,10-13,15-18,22,27H,9,14,19-21H2,1-2H3,(H,31,34)/t27-/m0/s1. The van der Waals surface area contributed by atoms with E-state index in [1.807, 2.05) is 74.5 Å². The zero-order valence-electron chi connectivity index (χ0n) is 20.3. The highest BCUT2D eigenvalue weighted by Crippen LogP contribution is 2.18. The molecule has 0 aromatic heterocycles. The van der Waals surface area contributed by atoms with E-state index in [1.54, 1.807) is 29.2 Å². The third-order valence-electron chi connectivity index (χ3n) is 5.52. The van der Waals surface area contributed by atoms with Crippen molar-refractivity contribution in [1.82, 2.24) is 10.2 Å². The molecule has 0 bridgehead atoms. The molecule has 0 radical (unpaired) electrons. The van der Waals surface area contributed by atoms with Crippen LogP contribution in [0.5, 0.6) is 5.75 Å². The van der Waals surface area contributed by atoms with Gasteiger partial charge in [0.25, 0.3) is 0 Å². The normalized spacial score (nSPS) is 11.7. The molecule has 0 heterocycles. The average molecular weight is 493 g/mol. The molecule has 184 valence electrons. The number of hydrogen-bond acceptors (Lipinski definition) is 3. The molecule has 3 aromatic carbocycles. The summed E-state index contributed by atoms with van der Waals surface area (Å²) in [6, 6.07) is 26.1. The Kier molecular flexibility index (Phi) is 10.2. The molecule has 0 saturated heterocycles. The molecule has 1 atom stereocenters. The van der Waals surface area contributed by atoms with Gasteiger partial charge in [0.05, 0.1) is 6.61 Å². The van der Waals surface area contributed by atoms with E-state index in [1.165, 1.54) is 0 Å². The quantitative estimate of drug-likeness (QED) is 0.332. The predicted molar refractivity (Wildman–Crippen MR) is 140 cm³/mol. The van der Waals surface area contributed by atoms with Gasteiger partial charge < -0.3 is 15.0 Å². The first kappa shape index (κ1) is 26.3. The predicted octanol–water partition coefficient (Wildman–Crippen LogP) is 5.66. The highest BCUT2D eigenvalue weighted by molar-refractivity contribution is 6.30. The van der Waals surface area contributed by atoms with Crippen LogP contribution in [0.2, 0.25) is 5.02 Å². The summed E-state index contributed by atoms with van der Waals surface area (Å²) in [6.07, 6.45) is 1.26. The number of carbonyl (C=O) groups excluding carboxylic acids is 2. The van der Waals surface area contributed by atoms with E-state index in [9.17, 15) is 9.59 Å². The fourth-order valence-electron chi connectivity index (χ4n) is 3.80. The Hall–Kier alpha value is -3.31. The van der Waals surface area contributed by atoms with Crippen molar-refractivity contribution in [3.05, 3.63) is 101 Å². The van der Waals surface area contributed by atoms with Gasteiger partial charge in [-0.3, -0.25) is 9.59 Å². The number of hydrogen-bond donors (Lipinski definition) is 1. The van der Waals surface area contributed by atoms with Crippen molar-refractivity contribution < 1.29 is 14.3 Å². The van der Waals surface area contributed by atoms with E-state index < -0.39 is 6.04 Å². The second-order valence-corrected chi connectivity index (χ2v) is 9.22. The smallest absolute Gasteiger partial charge is 0.243 e. The number of rotatable bonds is 12. The molecule has 1 N–H and O–H groups in total. The molecular weight excluding hydrogens is 460 g/mol. The van der Waals surface area contributed by atoms with Gasteiger partial charge in [-0.15, -0.1) is 0 Å². The van der Waals surface area contributed by atoms with Crippen LogP contribution in [0.25, 0.3) is 0 Å². The van der Waals surface area contributed by atoms with Crippen molar-refractivity contribution in [2.75, 3.05) is 6.61 Å². The lowest BCUT2D eigenvalue weighted by atomic mass is 10.0. The molecule has 2 amide bonds. The monoisotopic (exact) mass is 492 g/mol. The number of benzene rings is 3. The zero-order chi connectivity index (χ0) is 25.0. The van der Waals surface area contributed by atoms with Crippen LogP contribution in [-0.2, 0) is 22.6 Å². The minimum atomic E-state index is -0.621. The van der Waals surface area contributed by atoms with E-state index in [0.29, 0.717) is 36.8 Å². The van der Waals surface area contributed by atoms with Gasteiger partial charge in [0, 0.05) is 30.5 Å². The summed E-state index contributed by atoms with van der Waals surface area (Å²) < 4.78 is 5.76. The fraction of sp³-hybridized carbons (Fsp3) is 0.310. The van der Waals surface area contributed by atoms with Gasteiger partial charge in [-0.05, 0) is 55.7 Å². The SMILES string of the molecule is CC(C)NC(=O)[C@H](Cc1ccccc1)N(Cc1ccccc1)C(=O)CCCOc1ccc(Cl)cc1. The van der Waals surface area contributed by atoms with E-state index in [2.05, 4.69) is 5.32 Å². The Morgan fingerprint density at radius 3 is 2.09 bits per heavy atom. The Labute approximate surface area is 213 Å². The van der Waals surface area contributed by atoms with Crippen LogP contribution in [-0.4, -0.2) is 35.4 Å². The molecular formula is C29H33ClN2O3. The van der Waals surface area contributed by atoms with Crippen molar-refractivity contribution in [1.29, 1.82) is 0 Å². The molecule has 0 aliphatic heterocycles. The molecule has 0 saturated carbocycles. The molecule has 35 heavy (non-hydrogen) atoms. The summed E-state index contributed by atoms with van der Waals surface area (Å²) in [7, 11) is 0. The number of halogens is 1. The first-order valence-electron chi connectivity index (χ1n) is 12.0. The maximum Gasteiger partial charge on any atom is 0.243 e. The van der Waals surface area contributed by atoms with Crippen LogP contribution < -0.4 is 10.1 Å². The summed E-state index contributed by atoms with van der Waals surface area (Å²) in [5.74, 6) is 0.486. The third-order valence-corrected chi connectivity index (χ3v) is 5.77. The van der Waals surface area contributed by atoms with Gasteiger partial charge in [0.1, 0.15) is 11.8 Å². The first-order chi connectivity index (χ1) is 16.9. The minimum absolute atomic E-state index is 0.0257. The average Bonchev–Trinajstić information content (AvgIpc) is 2.85. The van der Waals surface area contributed by atoms with Gasteiger partial charge in [0.2, 0.25) is 11.8 Å². The molecule has 3 aromatic rings. The number of ether oxygens (including phenoxy) is 1. The highest BCUT2D eigenvalue weighted by Gasteiger charge is 2.30. The van der Waals surface area contributed by atoms with Crippen LogP contribution in [0, 0.1) is 0 Å².